The fraction of sp³-hybridized carbons (Fsp3) is 0.133. The van der Waals surface area contributed by atoms with E-state index in [9.17, 15) is 9.59 Å². The van der Waals surface area contributed by atoms with E-state index in [0.29, 0.717) is 22.1 Å². The highest BCUT2D eigenvalue weighted by molar-refractivity contribution is 6.35. The summed E-state index contributed by atoms with van der Waals surface area (Å²) in [6.07, 6.45) is 2.81. The molecule has 0 aliphatic rings. The lowest BCUT2D eigenvalue weighted by Gasteiger charge is -2.04. The van der Waals surface area contributed by atoms with Crippen LogP contribution < -0.4 is 15.5 Å². The third-order valence-electron chi connectivity index (χ3n) is 2.77. The Morgan fingerprint density at radius 2 is 2.17 bits per heavy atom. The van der Waals surface area contributed by atoms with E-state index in [2.05, 4.69) is 15.8 Å². The van der Waals surface area contributed by atoms with Crippen LogP contribution in [0.5, 0.6) is 5.75 Å². The molecule has 0 aliphatic heterocycles. The van der Waals surface area contributed by atoms with Gasteiger partial charge >= 0.3 is 11.8 Å². The van der Waals surface area contributed by atoms with Gasteiger partial charge in [-0.05, 0) is 30.3 Å². The zero-order valence-corrected chi connectivity index (χ0v) is 13.0. The van der Waals surface area contributed by atoms with Crippen LogP contribution in [0.3, 0.4) is 0 Å². The van der Waals surface area contributed by atoms with Crippen LogP contribution in [0.2, 0.25) is 5.02 Å². The van der Waals surface area contributed by atoms with Crippen LogP contribution in [0.15, 0.2) is 46.1 Å². The van der Waals surface area contributed by atoms with Crippen LogP contribution in [-0.4, -0.2) is 25.1 Å². The van der Waals surface area contributed by atoms with E-state index in [1.807, 2.05) is 0 Å². The molecular weight excluding hydrogens is 322 g/mol. The van der Waals surface area contributed by atoms with Gasteiger partial charge in [-0.2, -0.15) is 5.10 Å². The lowest BCUT2D eigenvalue weighted by molar-refractivity contribution is -0.139. The molecule has 2 aromatic rings. The van der Waals surface area contributed by atoms with Gasteiger partial charge in [0.25, 0.3) is 0 Å². The first-order chi connectivity index (χ1) is 11.1. The van der Waals surface area contributed by atoms with Crippen LogP contribution in [-0.2, 0) is 16.1 Å². The van der Waals surface area contributed by atoms with Crippen molar-refractivity contribution in [2.45, 2.75) is 6.54 Å². The Balaban J connectivity index is 1.88. The van der Waals surface area contributed by atoms with Gasteiger partial charge in [0, 0.05) is 10.6 Å². The molecule has 2 N–H and O–H groups in total. The van der Waals surface area contributed by atoms with Gasteiger partial charge in [0.05, 0.1) is 26.1 Å². The molecule has 2 rings (SSSR count). The van der Waals surface area contributed by atoms with Crippen molar-refractivity contribution in [1.29, 1.82) is 0 Å². The second-order valence-electron chi connectivity index (χ2n) is 4.35. The summed E-state index contributed by atoms with van der Waals surface area (Å²) < 4.78 is 10.2. The van der Waals surface area contributed by atoms with Gasteiger partial charge in [0.1, 0.15) is 11.5 Å². The Hall–Kier alpha value is -2.80. The topological polar surface area (TPSA) is 92.9 Å². The second-order valence-corrected chi connectivity index (χ2v) is 4.78. The molecule has 23 heavy (non-hydrogen) atoms. The van der Waals surface area contributed by atoms with Gasteiger partial charge in [-0.1, -0.05) is 11.6 Å². The lowest BCUT2D eigenvalue weighted by atomic mass is 10.2. The fourth-order valence-electron chi connectivity index (χ4n) is 1.68. The summed E-state index contributed by atoms with van der Waals surface area (Å²) in [6, 6.07) is 8.32. The van der Waals surface area contributed by atoms with Crippen LogP contribution in [0.25, 0.3) is 0 Å². The molecule has 0 bridgehead atoms. The summed E-state index contributed by atoms with van der Waals surface area (Å²) in [6.45, 7) is 0.116. The number of carbonyl (C=O) groups excluding carboxylic acids is 2. The summed E-state index contributed by atoms with van der Waals surface area (Å²) in [7, 11) is 1.50. The van der Waals surface area contributed by atoms with Crippen molar-refractivity contribution in [1.82, 2.24) is 10.7 Å². The minimum Gasteiger partial charge on any atom is -0.496 e. The predicted molar refractivity (Wildman–Crippen MR) is 84.3 cm³/mol. The number of hydrogen-bond donors (Lipinski definition) is 2. The summed E-state index contributed by atoms with van der Waals surface area (Å²) >= 11 is 5.88. The average Bonchev–Trinajstić information content (AvgIpc) is 3.06. The van der Waals surface area contributed by atoms with Gasteiger partial charge in [-0.15, -0.1) is 0 Å². The van der Waals surface area contributed by atoms with Gasteiger partial charge in [-0.3, -0.25) is 9.59 Å². The van der Waals surface area contributed by atoms with Crippen molar-refractivity contribution < 1.29 is 18.7 Å². The molecule has 0 unspecified atom stereocenters. The molecule has 0 fully saturated rings. The summed E-state index contributed by atoms with van der Waals surface area (Å²) in [5.41, 5.74) is 2.69. The molecule has 120 valence electrons. The molecule has 8 heteroatoms. The average molecular weight is 336 g/mol. The number of halogens is 1. The number of hydrazone groups is 1. The molecule has 1 heterocycles. The van der Waals surface area contributed by atoms with Crippen molar-refractivity contribution >= 4 is 29.6 Å². The fourth-order valence-corrected chi connectivity index (χ4v) is 1.86. The highest BCUT2D eigenvalue weighted by Gasteiger charge is 2.12. The van der Waals surface area contributed by atoms with E-state index >= 15 is 0 Å². The van der Waals surface area contributed by atoms with Gasteiger partial charge in [0.2, 0.25) is 0 Å². The van der Waals surface area contributed by atoms with Crippen molar-refractivity contribution in [2.24, 2.45) is 5.10 Å². The predicted octanol–water partition coefficient (Wildman–Crippen LogP) is 1.71. The Labute approximate surface area is 137 Å². The second kappa shape index (κ2) is 8.00. The lowest BCUT2D eigenvalue weighted by Crippen LogP contribution is -2.37. The molecule has 0 spiro atoms. The molecule has 1 aromatic carbocycles. The van der Waals surface area contributed by atoms with E-state index in [0.717, 1.165) is 0 Å². The van der Waals surface area contributed by atoms with E-state index in [4.69, 9.17) is 20.8 Å². The van der Waals surface area contributed by atoms with Crippen molar-refractivity contribution in [2.75, 3.05) is 7.11 Å². The Morgan fingerprint density at radius 1 is 1.35 bits per heavy atom. The standard InChI is InChI=1S/C15H14ClN3O4/c1-22-13-5-4-11(16)7-10(13)8-18-19-15(21)14(20)17-9-12-3-2-6-23-12/h2-8H,9H2,1H3,(H,17,20)(H,19,21)/b18-8-. The number of hydrogen-bond acceptors (Lipinski definition) is 5. The maximum absolute atomic E-state index is 11.6. The van der Waals surface area contributed by atoms with E-state index in [-0.39, 0.29) is 6.54 Å². The number of nitrogens with one attached hydrogen (secondary N) is 2. The van der Waals surface area contributed by atoms with Crippen LogP contribution in [0.1, 0.15) is 11.3 Å². The number of nitrogens with zero attached hydrogens (tertiary/aromatic N) is 1. The molecule has 0 saturated heterocycles. The van der Waals surface area contributed by atoms with Crippen LogP contribution in [0, 0.1) is 0 Å². The number of benzene rings is 1. The number of furan rings is 1. The summed E-state index contributed by atoms with van der Waals surface area (Å²) in [4.78, 5) is 23.2. The molecule has 1 aromatic heterocycles. The zero-order valence-electron chi connectivity index (χ0n) is 12.2. The molecule has 0 aliphatic carbocycles. The number of methoxy groups -OCH3 is 1. The van der Waals surface area contributed by atoms with Gasteiger partial charge < -0.3 is 14.5 Å². The first-order valence-corrected chi connectivity index (χ1v) is 6.95. The Morgan fingerprint density at radius 3 is 2.87 bits per heavy atom. The van der Waals surface area contributed by atoms with Crippen molar-refractivity contribution in [3.05, 3.63) is 52.9 Å². The van der Waals surface area contributed by atoms with Gasteiger partial charge in [-0.25, -0.2) is 5.43 Å². The quantitative estimate of drug-likeness (QED) is 0.494. The molecule has 7 nitrogen and oxygen atoms in total. The summed E-state index contributed by atoms with van der Waals surface area (Å²) in [5.74, 6) is -0.640. The first kappa shape index (κ1) is 16.6. The smallest absolute Gasteiger partial charge is 0.329 e. The largest absolute Gasteiger partial charge is 0.496 e. The highest BCUT2D eigenvalue weighted by atomic mass is 35.5. The van der Waals surface area contributed by atoms with Crippen LogP contribution in [0.4, 0.5) is 0 Å². The molecule has 2 amide bonds. The minimum atomic E-state index is -0.895. The Bertz CT molecular complexity index is 714. The minimum absolute atomic E-state index is 0.116. The third-order valence-corrected chi connectivity index (χ3v) is 3.01. The number of ether oxygens (including phenoxy) is 1. The maximum atomic E-state index is 11.6. The monoisotopic (exact) mass is 335 g/mol. The highest BCUT2D eigenvalue weighted by Crippen LogP contribution is 2.20. The SMILES string of the molecule is COc1ccc(Cl)cc1/C=N\NC(=O)C(=O)NCc1ccco1. The molecule has 0 radical (unpaired) electrons. The Kier molecular flexibility index (Phi) is 5.76. The molecule has 0 saturated carbocycles. The zero-order chi connectivity index (χ0) is 16.7. The summed E-state index contributed by atoms with van der Waals surface area (Å²) in [5, 5.41) is 6.61. The van der Waals surface area contributed by atoms with E-state index < -0.39 is 11.8 Å². The first-order valence-electron chi connectivity index (χ1n) is 6.57. The number of rotatable bonds is 5. The maximum Gasteiger partial charge on any atom is 0.329 e. The van der Waals surface area contributed by atoms with E-state index in [1.54, 1.807) is 30.3 Å². The van der Waals surface area contributed by atoms with E-state index in [1.165, 1.54) is 19.6 Å². The van der Waals surface area contributed by atoms with Crippen molar-refractivity contribution in [3.8, 4) is 5.75 Å². The number of amides is 2. The molecule has 0 atom stereocenters. The van der Waals surface area contributed by atoms with Gasteiger partial charge in [0.15, 0.2) is 0 Å². The van der Waals surface area contributed by atoms with Crippen molar-refractivity contribution in [3.63, 3.8) is 0 Å². The third kappa shape index (κ3) is 4.86. The molecular formula is C15H14ClN3O4. The number of carbonyl (C=O) groups is 2. The van der Waals surface area contributed by atoms with Crippen LogP contribution >= 0.6 is 11.6 Å². The normalized spacial score (nSPS) is 10.5.